The molecule has 1 aromatic heterocycles. The Morgan fingerprint density at radius 3 is 2.45 bits per heavy atom. The summed E-state index contributed by atoms with van der Waals surface area (Å²) in [7, 11) is 0. The second-order valence-electron chi connectivity index (χ2n) is 4.57. The van der Waals surface area contributed by atoms with Gasteiger partial charge in [-0.3, -0.25) is 14.2 Å². The lowest BCUT2D eigenvalue weighted by atomic mass is 10.1. The monoisotopic (exact) mass is 292 g/mol. The van der Waals surface area contributed by atoms with Crippen LogP contribution in [0.2, 0.25) is 5.02 Å². The second-order valence-corrected chi connectivity index (χ2v) is 5.01. The maximum absolute atomic E-state index is 12.5. The average molecular weight is 293 g/mol. The van der Waals surface area contributed by atoms with Gasteiger partial charge in [0.2, 0.25) is 5.91 Å². The molecule has 0 unspecified atom stereocenters. The summed E-state index contributed by atoms with van der Waals surface area (Å²) < 4.78 is 1.49. The highest BCUT2D eigenvalue weighted by Gasteiger charge is 2.20. The van der Waals surface area contributed by atoms with Crippen molar-refractivity contribution in [1.29, 1.82) is 0 Å². The number of fused-ring (bicyclic) bond motifs is 1. The van der Waals surface area contributed by atoms with Gasteiger partial charge in [-0.15, -0.1) is 0 Å². The minimum absolute atomic E-state index is 0.0812. The van der Waals surface area contributed by atoms with Crippen LogP contribution in [-0.2, 0) is 0 Å². The predicted molar refractivity (Wildman–Crippen MR) is 80.5 cm³/mol. The highest BCUT2D eigenvalue weighted by Crippen LogP contribution is 2.26. The number of amides is 1. The Kier molecular flexibility index (Phi) is 4.14. The van der Waals surface area contributed by atoms with Gasteiger partial charge in [-0.1, -0.05) is 11.6 Å². The third kappa shape index (κ3) is 2.43. The lowest BCUT2D eigenvalue weighted by Gasteiger charge is -2.17. The van der Waals surface area contributed by atoms with E-state index in [1.54, 1.807) is 29.3 Å². The fraction of sp³-hybridized carbons (Fsp3) is 0.333. The van der Waals surface area contributed by atoms with Gasteiger partial charge in [0.1, 0.15) is 0 Å². The highest BCUT2D eigenvalue weighted by atomic mass is 35.5. The fourth-order valence-electron chi connectivity index (χ4n) is 2.31. The SMILES string of the molecule is CCN(CC)C(=O)c1cn(C(C)=O)c2ccc(Cl)cc12. The van der Waals surface area contributed by atoms with Crippen LogP contribution in [0.3, 0.4) is 0 Å². The van der Waals surface area contributed by atoms with Gasteiger partial charge in [-0.05, 0) is 32.0 Å². The number of carbonyl (C=O) groups is 2. The number of carbonyl (C=O) groups excluding carboxylic acids is 2. The summed E-state index contributed by atoms with van der Waals surface area (Å²) in [5.74, 6) is -0.210. The van der Waals surface area contributed by atoms with Crippen molar-refractivity contribution in [2.24, 2.45) is 0 Å². The molecule has 0 saturated carbocycles. The molecule has 1 amide bonds. The van der Waals surface area contributed by atoms with E-state index in [0.717, 1.165) is 0 Å². The minimum atomic E-state index is -0.129. The summed E-state index contributed by atoms with van der Waals surface area (Å²) in [5.41, 5.74) is 1.22. The Labute approximate surface area is 122 Å². The molecule has 0 aliphatic heterocycles. The molecule has 0 radical (unpaired) electrons. The normalized spacial score (nSPS) is 10.8. The van der Waals surface area contributed by atoms with E-state index in [-0.39, 0.29) is 11.8 Å². The Hall–Kier alpha value is -1.81. The van der Waals surface area contributed by atoms with E-state index >= 15 is 0 Å². The van der Waals surface area contributed by atoms with Gasteiger partial charge in [-0.25, -0.2) is 0 Å². The molecule has 5 heteroatoms. The Bertz CT molecular complexity index is 672. The zero-order valence-corrected chi connectivity index (χ0v) is 12.6. The molecule has 0 spiro atoms. The largest absolute Gasteiger partial charge is 0.339 e. The van der Waals surface area contributed by atoms with Gasteiger partial charge in [0, 0.05) is 36.6 Å². The summed E-state index contributed by atoms with van der Waals surface area (Å²) in [6.07, 6.45) is 1.60. The molecule has 2 rings (SSSR count). The molecule has 0 bridgehead atoms. The van der Waals surface area contributed by atoms with Crippen molar-refractivity contribution in [3.8, 4) is 0 Å². The van der Waals surface area contributed by atoms with Crippen LogP contribution in [0.15, 0.2) is 24.4 Å². The van der Waals surface area contributed by atoms with Crippen LogP contribution in [0.4, 0.5) is 0 Å². The third-order valence-electron chi connectivity index (χ3n) is 3.39. The van der Waals surface area contributed by atoms with Crippen LogP contribution in [0.25, 0.3) is 10.9 Å². The number of nitrogens with zero attached hydrogens (tertiary/aromatic N) is 2. The number of hydrogen-bond acceptors (Lipinski definition) is 2. The standard InChI is InChI=1S/C15H17ClN2O2/c1-4-17(5-2)15(20)13-9-18(10(3)19)14-7-6-11(16)8-12(13)14/h6-9H,4-5H2,1-3H3. The Balaban J connectivity index is 2.66. The van der Waals surface area contributed by atoms with Crippen LogP contribution >= 0.6 is 11.6 Å². The van der Waals surface area contributed by atoms with E-state index in [1.807, 2.05) is 13.8 Å². The van der Waals surface area contributed by atoms with Gasteiger partial charge in [0.05, 0.1) is 11.1 Å². The molecule has 0 aliphatic rings. The van der Waals surface area contributed by atoms with E-state index in [9.17, 15) is 9.59 Å². The number of benzene rings is 1. The number of rotatable bonds is 3. The van der Waals surface area contributed by atoms with E-state index < -0.39 is 0 Å². The molecule has 0 N–H and O–H groups in total. The number of hydrogen-bond donors (Lipinski definition) is 0. The highest BCUT2D eigenvalue weighted by molar-refractivity contribution is 6.31. The van der Waals surface area contributed by atoms with Crippen molar-refractivity contribution < 1.29 is 9.59 Å². The summed E-state index contributed by atoms with van der Waals surface area (Å²) in [4.78, 5) is 25.9. The maximum Gasteiger partial charge on any atom is 0.256 e. The smallest absolute Gasteiger partial charge is 0.256 e. The molecular weight excluding hydrogens is 276 g/mol. The molecular formula is C15H17ClN2O2. The van der Waals surface area contributed by atoms with Crippen LogP contribution in [0.1, 0.15) is 35.9 Å². The first-order chi connectivity index (χ1) is 9.49. The summed E-state index contributed by atoms with van der Waals surface area (Å²) in [6.45, 7) is 6.59. The van der Waals surface area contributed by atoms with Gasteiger partial charge in [-0.2, -0.15) is 0 Å². The van der Waals surface area contributed by atoms with Gasteiger partial charge in [0.25, 0.3) is 5.91 Å². The molecule has 20 heavy (non-hydrogen) atoms. The first-order valence-corrected chi connectivity index (χ1v) is 6.98. The van der Waals surface area contributed by atoms with E-state index in [0.29, 0.717) is 34.6 Å². The van der Waals surface area contributed by atoms with Gasteiger partial charge < -0.3 is 4.90 Å². The maximum atomic E-state index is 12.5. The summed E-state index contributed by atoms with van der Waals surface area (Å²) in [5, 5.41) is 1.26. The Morgan fingerprint density at radius 1 is 1.25 bits per heavy atom. The molecule has 0 atom stereocenters. The molecule has 106 valence electrons. The van der Waals surface area contributed by atoms with Crippen molar-refractivity contribution in [1.82, 2.24) is 9.47 Å². The second kappa shape index (κ2) is 5.67. The molecule has 0 saturated heterocycles. The van der Waals surface area contributed by atoms with Crippen LogP contribution in [-0.4, -0.2) is 34.4 Å². The topological polar surface area (TPSA) is 42.3 Å². The molecule has 1 aromatic carbocycles. The third-order valence-corrected chi connectivity index (χ3v) is 3.62. The van der Waals surface area contributed by atoms with Crippen molar-refractivity contribution in [3.63, 3.8) is 0 Å². The average Bonchev–Trinajstić information content (AvgIpc) is 2.78. The lowest BCUT2D eigenvalue weighted by Crippen LogP contribution is -2.30. The molecule has 4 nitrogen and oxygen atoms in total. The minimum Gasteiger partial charge on any atom is -0.339 e. The van der Waals surface area contributed by atoms with Gasteiger partial charge >= 0.3 is 0 Å². The molecule has 0 aliphatic carbocycles. The summed E-state index contributed by atoms with van der Waals surface area (Å²) >= 11 is 6.01. The molecule has 1 heterocycles. The number of halogens is 1. The van der Waals surface area contributed by atoms with E-state index in [1.165, 1.54) is 11.5 Å². The van der Waals surface area contributed by atoms with Crippen molar-refractivity contribution >= 4 is 34.3 Å². The van der Waals surface area contributed by atoms with E-state index in [4.69, 9.17) is 11.6 Å². The van der Waals surface area contributed by atoms with E-state index in [2.05, 4.69) is 0 Å². The Morgan fingerprint density at radius 2 is 1.90 bits per heavy atom. The van der Waals surface area contributed by atoms with Crippen molar-refractivity contribution in [3.05, 3.63) is 35.0 Å². The first-order valence-electron chi connectivity index (χ1n) is 6.60. The predicted octanol–water partition coefficient (Wildman–Crippen LogP) is 3.44. The summed E-state index contributed by atoms with van der Waals surface area (Å²) in [6, 6.07) is 5.21. The lowest BCUT2D eigenvalue weighted by molar-refractivity contribution is 0.0775. The molecule has 2 aromatic rings. The zero-order chi connectivity index (χ0) is 14.9. The first kappa shape index (κ1) is 14.6. The van der Waals surface area contributed by atoms with Crippen LogP contribution in [0.5, 0.6) is 0 Å². The zero-order valence-electron chi connectivity index (χ0n) is 11.8. The molecule has 0 fully saturated rings. The van der Waals surface area contributed by atoms with Gasteiger partial charge in [0.15, 0.2) is 0 Å². The quantitative estimate of drug-likeness (QED) is 0.870. The van der Waals surface area contributed by atoms with Crippen molar-refractivity contribution in [2.75, 3.05) is 13.1 Å². The fourth-order valence-corrected chi connectivity index (χ4v) is 2.49. The van der Waals surface area contributed by atoms with Crippen molar-refractivity contribution in [2.45, 2.75) is 20.8 Å². The number of aromatic nitrogens is 1. The van der Waals surface area contributed by atoms with Crippen LogP contribution in [0, 0.1) is 0 Å². The van der Waals surface area contributed by atoms with Crippen LogP contribution < -0.4 is 0 Å².